The molecule has 3 aromatic rings. The zero-order chi connectivity index (χ0) is 17.1. The number of anilines is 1. The monoisotopic (exact) mass is 363 g/mol. The number of nitrogens with one attached hydrogen (secondary N) is 1. The molecule has 2 aromatic heterocycles. The van der Waals surface area contributed by atoms with E-state index in [1.807, 2.05) is 24.4 Å². The number of pyridine rings is 1. The van der Waals surface area contributed by atoms with Crippen molar-refractivity contribution >= 4 is 46.3 Å². The summed E-state index contributed by atoms with van der Waals surface area (Å²) < 4.78 is 1.77. The van der Waals surface area contributed by atoms with Crippen LogP contribution in [0.25, 0.3) is 5.65 Å². The Morgan fingerprint density at radius 3 is 2.92 bits per heavy atom. The van der Waals surface area contributed by atoms with E-state index in [-0.39, 0.29) is 22.4 Å². The second kappa shape index (κ2) is 6.85. The first kappa shape index (κ1) is 16.2. The molecule has 1 aromatic carbocycles. The Morgan fingerprint density at radius 2 is 2.17 bits per heavy atom. The number of hydrogen-bond donors (Lipinski definition) is 1. The zero-order valence-electron chi connectivity index (χ0n) is 12.0. The molecule has 0 aliphatic heterocycles. The maximum Gasteiger partial charge on any atom is 0.271 e. The molecule has 24 heavy (non-hydrogen) atoms. The lowest BCUT2D eigenvalue weighted by atomic mass is 10.3. The van der Waals surface area contributed by atoms with E-state index in [1.165, 1.54) is 30.0 Å². The Labute approximate surface area is 145 Å². The van der Waals surface area contributed by atoms with E-state index in [2.05, 4.69) is 15.5 Å². The van der Waals surface area contributed by atoms with Gasteiger partial charge >= 0.3 is 0 Å². The number of fused-ring (bicyclic) bond motifs is 1. The maximum atomic E-state index is 12.0. The molecule has 0 spiro atoms. The number of halogens is 1. The van der Waals surface area contributed by atoms with Crippen molar-refractivity contribution in [3.8, 4) is 0 Å². The van der Waals surface area contributed by atoms with Crippen LogP contribution < -0.4 is 5.32 Å². The van der Waals surface area contributed by atoms with Crippen molar-refractivity contribution in [2.24, 2.45) is 0 Å². The summed E-state index contributed by atoms with van der Waals surface area (Å²) in [5.74, 6) is -0.202. The van der Waals surface area contributed by atoms with E-state index >= 15 is 0 Å². The number of carbonyl (C=O) groups is 1. The highest BCUT2D eigenvalue weighted by molar-refractivity contribution is 7.99. The summed E-state index contributed by atoms with van der Waals surface area (Å²) in [6.07, 6.45) is 1.81. The van der Waals surface area contributed by atoms with Gasteiger partial charge in [0.2, 0.25) is 5.91 Å². The van der Waals surface area contributed by atoms with E-state index in [4.69, 9.17) is 11.6 Å². The van der Waals surface area contributed by atoms with Crippen LogP contribution in [-0.4, -0.2) is 31.2 Å². The third-order valence-corrected chi connectivity index (χ3v) is 4.31. The normalized spacial score (nSPS) is 10.7. The van der Waals surface area contributed by atoms with Crippen LogP contribution in [0.4, 0.5) is 11.4 Å². The molecule has 0 aliphatic carbocycles. The van der Waals surface area contributed by atoms with Crippen LogP contribution in [0.3, 0.4) is 0 Å². The van der Waals surface area contributed by atoms with Crippen molar-refractivity contribution in [2.75, 3.05) is 11.1 Å². The fraction of sp³-hybridized carbons (Fsp3) is 0.0714. The van der Waals surface area contributed by atoms with Crippen LogP contribution in [0.2, 0.25) is 5.02 Å². The fourth-order valence-corrected chi connectivity index (χ4v) is 2.90. The van der Waals surface area contributed by atoms with Gasteiger partial charge < -0.3 is 5.32 Å². The Hall–Kier alpha value is -2.65. The number of carbonyl (C=O) groups excluding carboxylic acids is 1. The van der Waals surface area contributed by atoms with Gasteiger partial charge in [0.25, 0.3) is 5.69 Å². The van der Waals surface area contributed by atoms with E-state index in [1.54, 1.807) is 4.40 Å². The molecule has 0 fully saturated rings. The molecule has 0 radical (unpaired) electrons. The predicted octanol–water partition coefficient (Wildman–Crippen LogP) is 3.02. The van der Waals surface area contributed by atoms with Gasteiger partial charge in [-0.25, -0.2) is 0 Å². The first-order valence-electron chi connectivity index (χ1n) is 6.71. The minimum atomic E-state index is -0.552. The minimum Gasteiger partial charge on any atom is -0.324 e. The lowest BCUT2D eigenvalue weighted by Gasteiger charge is -2.06. The number of non-ortho nitro benzene ring substituents is 1. The summed E-state index contributed by atoms with van der Waals surface area (Å²) in [6.45, 7) is 0. The van der Waals surface area contributed by atoms with Crippen LogP contribution in [0.1, 0.15) is 0 Å². The Bertz CT molecular complexity index is 930. The maximum absolute atomic E-state index is 12.0. The zero-order valence-corrected chi connectivity index (χ0v) is 13.6. The predicted molar refractivity (Wildman–Crippen MR) is 90.4 cm³/mol. The molecule has 0 atom stereocenters. The lowest BCUT2D eigenvalue weighted by molar-refractivity contribution is -0.384. The second-order valence-corrected chi connectivity index (χ2v) is 6.02. The van der Waals surface area contributed by atoms with Crippen molar-refractivity contribution in [1.29, 1.82) is 0 Å². The Kier molecular flexibility index (Phi) is 4.63. The smallest absolute Gasteiger partial charge is 0.271 e. The van der Waals surface area contributed by atoms with Crippen molar-refractivity contribution in [3.63, 3.8) is 0 Å². The average molecular weight is 364 g/mol. The van der Waals surface area contributed by atoms with Crippen molar-refractivity contribution in [1.82, 2.24) is 14.6 Å². The van der Waals surface area contributed by atoms with Crippen LogP contribution in [0.5, 0.6) is 0 Å². The number of hydrogen-bond acceptors (Lipinski definition) is 6. The third kappa shape index (κ3) is 3.47. The largest absolute Gasteiger partial charge is 0.324 e. The summed E-state index contributed by atoms with van der Waals surface area (Å²) in [4.78, 5) is 22.1. The number of thioether (sulfide) groups is 1. The summed E-state index contributed by atoms with van der Waals surface area (Å²) in [6, 6.07) is 9.37. The molecule has 1 amide bonds. The van der Waals surface area contributed by atoms with Gasteiger partial charge in [-0.2, -0.15) is 0 Å². The van der Waals surface area contributed by atoms with E-state index in [9.17, 15) is 14.9 Å². The molecule has 0 saturated heterocycles. The standard InChI is InChI=1S/C14H10ClN5O3S/c15-10-7-9(20(22)23)4-5-11(10)16-13(21)8-24-14-18-17-12-3-1-2-6-19(12)14/h1-7H,8H2,(H,16,21). The van der Waals surface area contributed by atoms with Crippen LogP contribution >= 0.6 is 23.4 Å². The number of nitro groups is 1. The van der Waals surface area contributed by atoms with Gasteiger partial charge in [-0.05, 0) is 18.2 Å². The fourth-order valence-electron chi connectivity index (χ4n) is 1.95. The van der Waals surface area contributed by atoms with E-state index < -0.39 is 4.92 Å². The molecule has 0 aliphatic rings. The van der Waals surface area contributed by atoms with E-state index in [0.29, 0.717) is 16.5 Å². The number of amides is 1. The molecule has 122 valence electrons. The number of nitro benzene ring substituents is 1. The molecule has 1 N–H and O–H groups in total. The molecule has 2 heterocycles. The average Bonchev–Trinajstić information content (AvgIpc) is 2.98. The summed E-state index contributed by atoms with van der Waals surface area (Å²) >= 11 is 7.17. The molecule has 0 unspecified atom stereocenters. The highest BCUT2D eigenvalue weighted by Crippen LogP contribution is 2.27. The summed E-state index contributed by atoms with van der Waals surface area (Å²) in [7, 11) is 0. The first-order chi connectivity index (χ1) is 11.5. The SMILES string of the molecule is O=C(CSc1nnc2ccccn12)Nc1ccc([N+](=O)[O-])cc1Cl. The third-order valence-electron chi connectivity index (χ3n) is 3.05. The van der Waals surface area contributed by atoms with Crippen LogP contribution in [0, 0.1) is 10.1 Å². The number of benzene rings is 1. The second-order valence-electron chi connectivity index (χ2n) is 4.67. The number of rotatable bonds is 5. The van der Waals surface area contributed by atoms with Crippen LogP contribution in [-0.2, 0) is 4.79 Å². The highest BCUT2D eigenvalue weighted by atomic mass is 35.5. The van der Waals surface area contributed by atoms with Gasteiger partial charge in [0, 0.05) is 18.3 Å². The topological polar surface area (TPSA) is 102 Å². The molecule has 0 bridgehead atoms. The molecular formula is C14H10ClN5O3S. The highest BCUT2D eigenvalue weighted by Gasteiger charge is 2.13. The van der Waals surface area contributed by atoms with Crippen molar-refractivity contribution < 1.29 is 9.72 Å². The number of nitrogens with zero attached hydrogens (tertiary/aromatic N) is 4. The Balaban J connectivity index is 1.65. The van der Waals surface area contributed by atoms with Gasteiger partial charge in [-0.3, -0.25) is 19.3 Å². The van der Waals surface area contributed by atoms with Gasteiger partial charge in [-0.15, -0.1) is 10.2 Å². The number of aromatic nitrogens is 3. The summed E-state index contributed by atoms with van der Waals surface area (Å²) in [5.41, 5.74) is 0.875. The van der Waals surface area contributed by atoms with Gasteiger partial charge in [0.05, 0.1) is 21.4 Å². The molecule has 3 rings (SSSR count). The molecular weight excluding hydrogens is 354 g/mol. The lowest BCUT2D eigenvalue weighted by Crippen LogP contribution is -2.14. The summed E-state index contributed by atoms with van der Waals surface area (Å²) in [5, 5.41) is 22.0. The van der Waals surface area contributed by atoms with Crippen molar-refractivity contribution in [2.45, 2.75) is 5.16 Å². The minimum absolute atomic E-state index is 0.100. The first-order valence-corrected chi connectivity index (χ1v) is 8.07. The van der Waals surface area contributed by atoms with Gasteiger partial charge in [0.15, 0.2) is 10.8 Å². The molecule has 0 saturated carbocycles. The molecule has 8 nitrogen and oxygen atoms in total. The van der Waals surface area contributed by atoms with Crippen molar-refractivity contribution in [3.05, 3.63) is 57.7 Å². The van der Waals surface area contributed by atoms with Crippen LogP contribution in [0.15, 0.2) is 47.8 Å². The van der Waals surface area contributed by atoms with Gasteiger partial charge in [0.1, 0.15) is 0 Å². The van der Waals surface area contributed by atoms with Gasteiger partial charge in [-0.1, -0.05) is 29.4 Å². The quantitative estimate of drug-likeness (QED) is 0.424. The Morgan fingerprint density at radius 1 is 1.33 bits per heavy atom. The molecule has 10 heteroatoms. The van der Waals surface area contributed by atoms with E-state index in [0.717, 1.165) is 0 Å².